The summed E-state index contributed by atoms with van der Waals surface area (Å²) in [7, 11) is 0. The van der Waals surface area contributed by atoms with Crippen molar-refractivity contribution < 1.29 is 4.79 Å². The van der Waals surface area contributed by atoms with Gasteiger partial charge in [-0.1, -0.05) is 13.8 Å². The first-order valence-corrected chi connectivity index (χ1v) is 11.3. The maximum atomic E-state index is 12.0. The lowest BCUT2D eigenvalue weighted by atomic mass is 10.2. The number of rotatable bonds is 8. The monoisotopic (exact) mass is 520 g/mol. The number of hydrogen-bond donors (Lipinski definition) is 2. The van der Waals surface area contributed by atoms with E-state index in [4.69, 9.17) is 4.99 Å². The van der Waals surface area contributed by atoms with Crippen molar-refractivity contribution in [2.24, 2.45) is 10.9 Å². The second-order valence-electron chi connectivity index (χ2n) is 8.98. The van der Waals surface area contributed by atoms with Gasteiger partial charge in [-0.3, -0.25) is 19.6 Å². The number of carbonyl (C=O) groups is 1. The van der Waals surface area contributed by atoms with Crippen LogP contribution in [0.2, 0.25) is 0 Å². The highest BCUT2D eigenvalue weighted by atomic mass is 127. The van der Waals surface area contributed by atoms with E-state index in [-0.39, 0.29) is 29.9 Å². The molecule has 0 aromatic carbocycles. The topological polar surface area (TPSA) is 63.2 Å². The number of piperazine rings is 1. The van der Waals surface area contributed by atoms with Crippen LogP contribution in [-0.2, 0) is 4.79 Å². The van der Waals surface area contributed by atoms with Gasteiger partial charge in [-0.15, -0.1) is 24.0 Å². The molecule has 0 radical (unpaired) electrons. The summed E-state index contributed by atoms with van der Waals surface area (Å²) in [6.45, 7) is 15.2. The maximum absolute atomic E-state index is 12.0. The fourth-order valence-electron chi connectivity index (χ4n) is 4.25. The smallest absolute Gasteiger partial charge is 0.234 e. The second kappa shape index (κ2) is 12.3. The SMILES string of the molecule is CCNC(=NC[C@H]1CCCN1CC(C)C)N1CCN(CC(=O)NC2CC2)CC1.I. The van der Waals surface area contributed by atoms with Crippen molar-refractivity contribution in [2.45, 2.75) is 58.5 Å². The van der Waals surface area contributed by atoms with E-state index in [0.29, 0.717) is 24.5 Å². The zero-order valence-corrected chi connectivity index (χ0v) is 20.9. The molecule has 2 aliphatic heterocycles. The van der Waals surface area contributed by atoms with E-state index < -0.39 is 0 Å². The maximum Gasteiger partial charge on any atom is 0.234 e. The lowest BCUT2D eigenvalue weighted by molar-refractivity contribution is -0.122. The highest BCUT2D eigenvalue weighted by Gasteiger charge is 2.27. The highest BCUT2D eigenvalue weighted by molar-refractivity contribution is 14.0. The van der Waals surface area contributed by atoms with Gasteiger partial charge in [0.15, 0.2) is 5.96 Å². The number of hydrogen-bond acceptors (Lipinski definition) is 4. The molecule has 7 nitrogen and oxygen atoms in total. The fraction of sp³-hybridized carbons (Fsp3) is 0.905. The molecule has 0 aromatic rings. The van der Waals surface area contributed by atoms with Crippen molar-refractivity contribution in [3.63, 3.8) is 0 Å². The van der Waals surface area contributed by atoms with Crippen molar-refractivity contribution in [2.75, 3.05) is 58.9 Å². The molecular formula is C21H41IN6O. The Balaban J connectivity index is 0.00000300. The van der Waals surface area contributed by atoms with E-state index in [1.54, 1.807) is 0 Å². The molecule has 1 amide bonds. The molecule has 168 valence electrons. The minimum absolute atomic E-state index is 0. The summed E-state index contributed by atoms with van der Waals surface area (Å²) in [5.74, 6) is 1.94. The normalized spacial score (nSPS) is 23.9. The second-order valence-corrected chi connectivity index (χ2v) is 8.98. The number of nitrogens with one attached hydrogen (secondary N) is 2. The Labute approximate surface area is 194 Å². The summed E-state index contributed by atoms with van der Waals surface area (Å²) in [5.41, 5.74) is 0. The fourth-order valence-corrected chi connectivity index (χ4v) is 4.25. The molecule has 3 aliphatic rings. The molecule has 0 aromatic heterocycles. The minimum atomic E-state index is 0. The summed E-state index contributed by atoms with van der Waals surface area (Å²) >= 11 is 0. The average Bonchev–Trinajstić information content (AvgIpc) is 3.36. The number of amides is 1. The van der Waals surface area contributed by atoms with E-state index in [1.807, 2.05) is 0 Å². The summed E-state index contributed by atoms with van der Waals surface area (Å²) in [5, 5.41) is 6.57. The highest BCUT2D eigenvalue weighted by Crippen LogP contribution is 2.19. The molecule has 3 rings (SSSR count). The molecule has 0 spiro atoms. The van der Waals surface area contributed by atoms with Gasteiger partial charge in [-0.2, -0.15) is 0 Å². The Morgan fingerprint density at radius 2 is 1.83 bits per heavy atom. The Morgan fingerprint density at radius 3 is 2.45 bits per heavy atom. The average molecular weight is 521 g/mol. The van der Waals surface area contributed by atoms with Gasteiger partial charge in [0.05, 0.1) is 13.1 Å². The lowest BCUT2D eigenvalue weighted by Gasteiger charge is -2.36. The van der Waals surface area contributed by atoms with Gasteiger partial charge in [-0.05, 0) is 45.1 Å². The Hall–Kier alpha value is -0.610. The molecule has 2 N–H and O–H groups in total. The standard InChI is InChI=1S/C21H40N6O.HI/c1-4-22-21(23-14-19-6-5-9-27(19)15-17(2)3)26-12-10-25(11-13-26)16-20(28)24-18-7-8-18;/h17-19H,4-16H2,1-3H3,(H,22,23)(H,24,28);1H/t19-;/m1./s1. The summed E-state index contributed by atoms with van der Waals surface area (Å²) in [4.78, 5) is 24.3. The molecular weight excluding hydrogens is 479 g/mol. The predicted octanol–water partition coefficient (Wildman–Crippen LogP) is 1.59. The van der Waals surface area contributed by atoms with Crippen LogP contribution in [-0.4, -0.2) is 97.6 Å². The van der Waals surface area contributed by atoms with Crippen molar-refractivity contribution in [1.29, 1.82) is 0 Å². The van der Waals surface area contributed by atoms with Crippen molar-refractivity contribution in [3.05, 3.63) is 0 Å². The van der Waals surface area contributed by atoms with Crippen molar-refractivity contribution >= 4 is 35.8 Å². The van der Waals surface area contributed by atoms with Crippen LogP contribution in [0, 0.1) is 5.92 Å². The van der Waals surface area contributed by atoms with Crippen LogP contribution >= 0.6 is 24.0 Å². The number of guanidine groups is 1. The van der Waals surface area contributed by atoms with Crippen LogP contribution in [0.15, 0.2) is 4.99 Å². The van der Waals surface area contributed by atoms with Gasteiger partial charge >= 0.3 is 0 Å². The molecule has 2 saturated heterocycles. The van der Waals surface area contributed by atoms with Gasteiger partial charge in [-0.25, -0.2) is 0 Å². The first kappa shape index (κ1) is 24.7. The van der Waals surface area contributed by atoms with E-state index in [1.165, 1.54) is 25.9 Å². The van der Waals surface area contributed by atoms with Crippen LogP contribution in [0.5, 0.6) is 0 Å². The van der Waals surface area contributed by atoms with Crippen LogP contribution in [0.25, 0.3) is 0 Å². The van der Waals surface area contributed by atoms with Crippen LogP contribution in [0.1, 0.15) is 46.5 Å². The number of aliphatic imine (C=N–C) groups is 1. The third-order valence-electron chi connectivity index (χ3n) is 5.87. The van der Waals surface area contributed by atoms with Crippen LogP contribution < -0.4 is 10.6 Å². The Kier molecular flexibility index (Phi) is 10.5. The molecule has 8 heteroatoms. The van der Waals surface area contributed by atoms with E-state index in [9.17, 15) is 4.79 Å². The van der Waals surface area contributed by atoms with Gasteiger partial charge in [0.25, 0.3) is 0 Å². The van der Waals surface area contributed by atoms with Crippen molar-refractivity contribution in [1.82, 2.24) is 25.3 Å². The largest absolute Gasteiger partial charge is 0.357 e. The Bertz CT molecular complexity index is 531. The lowest BCUT2D eigenvalue weighted by Crippen LogP contribution is -2.54. The first-order valence-electron chi connectivity index (χ1n) is 11.3. The van der Waals surface area contributed by atoms with E-state index in [2.05, 4.69) is 46.1 Å². The molecule has 2 heterocycles. The molecule has 1 atom stereocenters. The number of nitrogens with zero attached hydrogens (tertiary/aromatic N) is 4. The number of likely N-dealkylation sites (tertiary alicyclic amines) is 1. The van der Waals surface area contributed by atoms with Gasteiger partial charge in [0, 0.05) is 51.4 Å². The number of halogens is 1. The molecule has 1 saturated carbocycles. The Morgan fingerprint density at radius 1 is 1.10 bits per heavy atom. The van der Waals surface area contributed by atoms with Gasteiger partial charge in [0.1, 0.15) is 0 Å². The summed E-state index contributed by atoms with van der Waals surface area (Å²) in [6, 6.07) is 1.04. The summed E-state index contributed by atoms with van der Waals surface area (Å²) in [6.07, 6.45) is 4.86. The third-order valence-corrected chi connectivity index (χ3v) is 5.87. The van der Waals surface area contributed by atoms with Crippen molar-refractivity contribution in [3.8, 4) is 0 Å². The quantitative estimate of drug-likeness (QED) is 0.289. The van der Waals surface area contributed by atoms with Crippen LogP contribution in [0.3, 0.4) is 0 Å². The first-order chi connectivity index (χ1) is 13.5. The molecule has 1 aliphatic carbocycles. The zero-order chi connectivity index (χ0) is 19.9. The zero-order valence-electron chi connectivity index (χ0n) is 18.5. The van der Waals surface area contributed by atoms with E-state index >= 15 is 0 Å². The van der Waals surface area contributed by atoms with E-state index in [0.717, 1.165) is 58.1 Å². The molecule has 0 bridgehead atoms. The molecule has 3 fully saturated rings. The molecule has 0 unspecified atom stereocenters. The van der Waals surface area contributed by atoms with Crippen LogP contribution in [0.4, 0.5) is 0 Å². The predicted molar refractivity (Wildman–Crippen MR) is 130 cm³/mol. The minimum Gasteiger partial charge on any atom is -0.357 e. The molecule has 29 heavy (non-hydrogen) atoms. The van der Waals surface area contributed by atoms with Gasteiger partial charge < -0.3 is 15.5 Å². The van der Waals surface area contributed by atoms with Gasteiger partial charge in [0.2, 0.25) is 5.91 Å². The number of carbonyl (C=O) groups excluding carboxylic acids is 1. The summed E-state index contributed by atoms with van der Waals surface area (Å²) < 4.78 is 0. The third kappa shape index (κ3) is 8.20.